The number of pyridine rings is 1. The van der Waals surface area contributed by atoms with Gasteiger partial charge in [0.15, 0.2) is 0 Å². The van der Waals surface area contributed by atoms with E-state index in [-0.39, 0.29) is 12.0 Å². The molecule has 1 atom stereocenters. The molecule has 0 bridgehead atoms. The summed E-state index contributed by atoms with van der Waals surface area (Å²) in [6.45, 7) is 1.36. The van der Waals surface area contributed by atoms with Gasteiger partial charge in [-0.05, 0) is 23.8 Å². The van der Waals surface area contributed by atoms with Crippen LogP contribution in [0.3, 0.4) is 0 Å². The average Bonchev–Trinajstić information content (AvgIpc) is 3.03. The van der Waals surface area contributed by atoms with Gasteiger partial charge in [-0.3, -0.25) is 9.78 Å². The van der Waals surface area contributed by atoms with Gasteiger partial charge < -0.3 is 9.64 Å². The zero-order valence-corrected chi connectivity index (χ0v) is 12.3. The molecule has 22 heavy (non-hydrogen) atoms. The number of carbonyl (C=O) groups is 1. The smallest absolute Gasteiger partial charge is 0.246 e. The van der Waals surface area contributed by atoms with Crippen LogP contribution < -0.4 is 4.74 Å². The van der Waals surface area contributed by atoms with Crippen molar-refractivity contribution in [3.8, 4) is 5.75 Å². The minimum Gasteiger partial charge on any atom is -0.488 e. The molecule has 0 spiro atoms. The lowest BCUT2D eigenvalue weighted by Gasteiger charge is -2.15. The highest BCUT2D eigenvalue weighted by Crippen LogP contribution is 2.18. The Hall–Kier alpha value is -2.62. The molecule has 1 aromatic heterocycles. The van der Waals surface area contributed by atoms with Gasteiger partial charge in [0.1, 0.15) is 11.9 Å². The molecule has 1 aliphatic rings. The Morgan fingerprint density at radius 3 is 2.73 bits per heavy atom. The number of nitrogens with zero attached hydrogens (tertiary/aromatic N) is 2. The van der Waals surface area contributed by atoms with Gasteiger partial charge in [0.05, 0.1) is 6.54 Å². The van der Waals surface area contributed by atoms with E-state index < -0.39 is 0 Å². The molecule has 1 amide bonds. The molecule has 1 saturated heterocycles. The van der Waals surface area contributed by atoms with Crippen molar-refractivity contribution < 1.29 is 9.53 Å². The lowest BCUT2D eigenvalue weighted by Crippen LogP contribution is -2.29. The van der Waals surface area contributed by atoms with Gasteiger partial charge in [0.25, 0.3) is 0 Å². The molecular weight excluding hydrogens is 276 g/mol. The first-order valence-corrected chi connectivity index (χ1v) is 7.40. The van der Waals surface area contributed by atoms with Crippen molar-refractivity contribution in [3.05, 3.63) is 66.5 Å². The third kappa shape index (κ3) is 3.73. The zero-order chi connectivity index (χ0) is 15.2. The number of amides is 1. The Morgan fingerprint density at radius 2 is 1.95 bits per heavy atom. The second-order valence-electron chi connectivity index (χ2n) is 5.24. The first-order chi connectivity index (χ1) is 10.8. The van der Waals surface area contributed by atoms with Crippen LogP contribution in [0.15, 0.2) is 60.9 Å². The van der Waals surface area contributed by atoms with Crippen LogP contribution in [0, 0.1) is 0 Å². The molecule has 1 aliphatic heterocycles. The van der Waals surface area contributed by atoms with E-state index in [1.54, 1.807) is 18.5 Å². The molecule has 1 aromatic carbocycles. The number of aromatic nitrogens is 1. The minimum atomic E-state index is 0.0321. The highest BCUT2D eigenvalue weighted by Gasteiger charge is 2.26. The topological polar surface area (TPSA) is 42.4 Å². The van der Waals surface area contributed by atoms with E-state index in [0.29, 0.717) is 6.54 Å². The average molecular weight is 294 g/mol. The summed E-state index contributed by atoms with van der Waals surface area (Å²) in [7, 11) is 0. The summed E-state index contributed by atoms with van der Waals surface area (Å²) in [5.74, 6) is 0.832. The third-order valence-corrected chi connectivity index (χ3v) is 3.63. The molecule has 2 aromatic rings. The van der Waals surface area contributed by atoms with Crippen LogP contribution in [-0.4, -0.2) is 35.0 Å². The monoisotopic (exact) mass is 294 g/mol. The molecule has 4 nitrogen and oxygen atoms in total. The number of hydrogen-bond acceptors (Lipinski definition) is 3. The van der Waals surface area contributed by atoms with E-state index in [0.717, 1.165) is 24.3 Å². The highest BCUT2D eigenvalue weighted by molar-refractivity contribution is 5.92. The lowest BCUT2D eigenvalue weighted by atomic mass is 10.2. The van der Waals surface area contributed by atoms with E-state index in [2.05, 4.69) is 4.98 Å². The highest BCUT2D eigenvalue weighted by atomic mass is 16.5. The first kappa shape index (κ1) is 14.3. The van der Waals surface area contributed by atoms with Crippen molar-refractivity contribution in [2.45, 2.75) is 12.5 Å². The van der Waals surface area contributed by atoms with Crippen molar-refractivity contribution in [2.75, 3.05) is 13.1 Å². The summed E-state index contributed by atoms with van der Waals surface area (Å²) in [5, 5.41) is 0. The number of rotatable bonds is 4. The van der Waals surface area contributed by atoms with Gasteiger partial charge in [0.2, 0.25) is 5.91 Å². The van der Waals surface area contributed by atoms with E-state index in [9.17, 15) is 4.79 Å². The van der Waals surface area contributed by atoms with Gasteiger partial charge in [-0.1, -0.05) is 30.3 Å². The quantitative estimate of drug-likeness (QED) is 0.814. The van der Waals surface area contributed by atoms with Crippen molar-refractivity contribution in [3.63, 3.8) is 0 Å². The Morgan fingerprint density at radius 1 is 1.18 bits per heavy atom. The molecule has 0 saturated carbocycles. The van der Waals surface area contributed by atoms with Gasteiger partial charge in [0, 0.05) is 31.4 Å². The maximum atomic E-state index is 12.2. The number of hydrogen-bond donors (Lipinski definition) is 0. The van der Waals surface area contributed by atoms with E-state index >= 15 is 0 Å². The fourth-order valence-electron chi connectivity index (χ4n) is 2.47. The largest absolute Gasteiger partial charge is 0.488 e. The van der Waals surface area contributed by atoms with Crippen molar-refractivity contribution in [1.82, 2.24) is 9.88 Å². The molecule has 0 aliphatic carbocycles. The van der Waals surface area contributed by atoms with E-state index in [1.165, 1.54) is 0 Å². The minimum absolute atomic E-state index is 0.0321. The van der Waals surface area contributed by atoms with Crippen LogP contribution in [0.1, 0.15) is 12.0 Å². The summed E-state index contributed by atoms with van der Waals surface area (Å²) >= 11 is 0. The number of likely N-dealkylation sites (tertiary alicyclic amines) is 1. The fraction of sp³-hybridized carbons (Fsp3) is 0.222. The first-order valence-electron chi connectivity index (χ1n) is 7.40. The van der Waals surface area contributed by atoms with Crippen molar-refractivity contribution >= 4 is 12.0 Å². The van der Waals surface area contributed by atoms with Crippen LogP contribution in [0.4, 0.5) is 0 Å². The Kier molecular flexibility index (Phi) is 4.49. The predicted molar refractivity (Wildman–Crippen MR) is 85.3 cm³/mol. The third-order valence-electron chi connectivity index (χ3n) is 3.63. The Bertz CT molecular complexity index is 641. The number of benzene rings is 1. The summed E-state index contributed by atoms with van der Waals surface area (Å²) in [6, 6.07) is 13.5. The normalized spacial score (nSPS) is 17.8. The molecule has 4 heteroatoms. The second kappa shape index (κ2) is 6.89. The number of carbonyl (C=O) groups excluding carboxylic acids is 1. The summed E-state index contributed by atoms with van der Waals surface area (Å²) in [6.07, 6.45) is 7.79. The lowest BCUT2D eigenvalue weighted by molar-refractivity contribution is -0.125. The Labute approximate surface area is 130 Å². The maximum Gasteiger partial charge on any atom is 0.246 e. The molecule has 2 heterocycles. The molecule has 112 valence electrons. The second-order valence-corrected chi connectivity index (χ2v) is 5.24. The predicted octanol–water partition coefficient (Wildman–Crippen LogP) is 2.77. The molecule has 0 N–H and O–H groups in total. The number of ether oxygens (including phenoxy) is 1. The van der Waals surface area contributed by atoms with Gasteiger partial charge in [-0.2, -0.15) is 0 Å². The molecular formula is C18H18N2O2. The molecule has 1 unspecified atom stereocenters. The van der Waals surface area contributed by atoms with Crippen LogP contribution in [-0.2, 0) is 4.79 Å². The fourth-order valence-corrected chi connectivity index (χ4v) is 2.47. The molecule has 1 fully saturated rings. The molecule has 0 radical (unpaired) electrons. The standard InChI is InChI=1S/C18H18N2O2/c21-18(7-6-15-4-2-1-3-5-15)20-13-10-17(14-20)22-16-8-11-19-12-9-16/h1-9,11-12,17H,10,13-14H2. The summed E-state index contributed by atoms with van der Waals surface area (Å²) in [5.41, 5.74) is 1.03. The Balaban J connectivity index is 1.54. The van der Waals surface area contributed by atoms with Crippen LogP contribution in [0.25, 0.3) is 6.08 Å². The SMILES string of the molecule is O=C(C=Cc1ccccc1)N1CCC(Oc2ccncc2)C1. The summed E-state index contributed by atoms with van der Waals surface area (Å²) < 4.78 is 5.86. The van der Waals surface area contributed by atoms with Gasteiger partial charge in [-0.25, -0.2) is 0 Å². The maximum absolute atomic E-state index is 12.2. The van der Waals surface area contributed by atoms with Crippen LogP contribution >= 0.6 is 0 Å². The molecule has 3 rings (SSSR count). The summed E-state index contributed by atoms with van der Waals surface area (Å²) in [4.78, 5) is 18.0. The van der Waals surface area contributed by atoms with Crippen molar-refractivity contribution in [2.24, 2.45) is 0 Å². The van der Waals surface area contributed by atoms with Crippen LogP contribution in [0.2, 0.25) is 0 Å². The van der Waals surface area contributed by atoms with Gasteiger partial charge in [-0.15, -0.1) is 0 Å². The zero-order valence-electron chi connectivity index (χ0n) is 12.3. The van der Waals surface area contributed by atoms with Crippen molar-refractivity contribution in [1.29, 1.82) is 0 Å². The van der Waals surface area contributed by atoms with Crippen LogP contribution in [0.5, 0.6) is 5.75 Å². The van der Waals surface area contributed by atoms with Gasteiger partial charge >= 0.3 is 0 Å². The van der Waals surface area contributed by atoms with E-state index in [1.807, 2.05) is 53.4 Å². The van der Waals surface area contributed by atoms with E-state index in [4.69, 9.17) is 4.74 Å².